The molecule has 5 nitrogen and oxygen atoms in total. The molecule has 1 atom stereocenters. The maximum atomic E-state index is 12.6. The summed E-state index contributed by atoms with van der Waals surface area (Å²) < 4.78 is 7.48. The van der Waals surface area contributed by atoms with Crippen LogP contribution in [0.5, 0.6) is 5.75 Å². The van der Waals surface area contributed by atoms with Crippen LogP contribution in [0.2, 0.25) is 5.02 Å². The van der Waals surface area contributed by atoms with Crippen LogP contribution < -0.4 is 4.74 Å². The molecule has 0 bridgehead atoms. The lowest BCUT2D eigenvalue weighted by Crippen LogP contribution is -2.34. The Morgan fingerprint density at radius 3 is 2.41 bits per heavy atom. The minimum atomic E-state index is -0.902. The smallest absolute Gasteiger partial charge is 0.251 e. The summed E-state index contributed by atoms with van der Waals surface area (Å²) in [6.45, 7) is 5.48. The number of aromatic nitrogens is 3. The van der Waals surface area contributed by atoms with E-state index in [0.717, 1.165) is 0 Å². The summed E-state index contributed by atoms with van der Waals surface area (Å²) in [7, 11) is 0. The third kappa shape index (κ3) is 4.18. The Morgan fingerprint density at radius 1 is 1.36 bits per heavy atom. The average Bonchev–Trinajstić information content (AvgIpc) is 2.82. The maximum Gasteiger partial charge on any atom is 0.251 e. The van der Waals surface area contributed by atoms with Crippen molar-refractivity contribution in [2.45, 2.75) is 34.4 Å². The van der Waals surface area contributed by atoms with E-state index in [1.165, 1.54) is 11.0 Å². The zero-order valence-electron chi connectivity index (χ0n) is 12.0. The van der Waals surface area contributed by atoms with Crippen LogP contribution in [0.15, 0.2) is 30.6 Å². The second kappa shape index (κ2) is 7.07. The van der Waals surface area contributed by atoms with Crippen molar-refractivity contribution >= 4 is 29.6 Å². The van der Waals surface area contributed by atoms with Crippen LogP contribution in [0, 0.1) is 10.2 Å². The number of ketones is 1. The molecule has 0 fully saturated rings. The highest BCUT2D eigenvalue weighted by atomic mass is 35.5. The van der Waals surface area contributed by atoms with Crippen LogP contribution in [0.25, 0.3) is 0 Å². The van der Waals surface area contributed by atoms with Crippen LogP contribution >= 0.6 is 23.8 Å². The van der Waals surface area contributed by atoms with E-state index in [9.17, 15) is 4.79 Å². The normalized spacial score (nSPS) is 12.4. The number of halogens is 1. The third-order valence-electron chi connectivity index (χ3n) is 2.84. The second-order valence-electron chi connectivity index (χ2n) is 5.58. The van der Waals surface area contributed by atoms with Gasteiger partial charge in [0, 0.05) is 10.4 Å². The fraction of sp³-hybridized carbons (Fsp3) is 0.400. The zero-order valence-corrected chi connectivity index (χ0v) is 13.5. The van der Waals surface area contributed by atoms with Gasteiger partial charge in [0.1, 0.15) is 12.1 Å². The first-order chi connectivity index (χ1) is 9.79. The van der Waals surface area contributed by atoms with E-state index in [1.807, 2.05) is 20.8 Å². The molecule has 22 heavy (non-hydrogen) atoms. The van der Waals surface area contributed by atoms with Gasteiger partial charge in [0.15, 0.2) is 0 Å². The number of nitrogens with zero attached hydrogens (tertiary/aromatic N) is 2. The number of nitrogens with one attached hydrogen (secondary N) is 1. The Kier molecular flexibility index (Phi) is 5.91. The summed E-state index contributed by atoms with van der Waals surface area (Å²) in [6.07, 6.45) is 0.525. The SMILES string of the molecule is C.CC(C)(C)C(=O)C(Oc1ccc(Cl)cc1)n1[nH]cnc1=S. The van der Waals surface area contributed by atoms with E-state index in [-0.39, 0.29) is 18.0 Å². The quantitative estimate of drug-likeness (QED) is 0.836. The van der Waals surface area contributed by atoms with Gasteiger partial charge < -0.3 is 4.74 Å². The highest BCUT2D eigenvalue weighted by molar-refractivity contribution is 7.71. The Morgan fingerprint density at radius 2 is 1.95 bits per heavy atom. The monoisotopic (exact) mass is 341 g/mol. The number of H-pyrrole nitrogens is 1. The minimum absolute atomic E-state index is 0. The number of ether oxygens (including phenoxy) is 1. The molecule has 1 aromatic carbocycles. The molecule has 1 aromatic heterocycles. The molecule has 0 aliphatic carbocycles. The van der Waals surface area contributed by atoms with Crippen LogP contribution in [0.1, 0.15) is 34.4 Å². The molecule has 7 heteroatoms. The van der Waals surface area contributed by atoms with E-state index < -0.39 is 11.6 Å². The van der Waals surface area contributed by atoms with E-state index in [4.69, 9.17) is 28.6 Å². The fourth-order valence-electron chi connectivity index (χ4n) is 1.67. The summed E-state index contributed by atoms with van der Waals surface area (Å²) >= 11 is 11.0. The fourth-order valence-corrected chi connectivity index (χ4v) is 1.99. The van der Waals surface area contributed by atoms with Crippen molar-refractivity contribution < 1.29 is 9.53 Å². The molecule has 1 unspecified atom stereocenters. The largest absolute Gasteiger partial charge is 0.461 e. The first-order valence-corrected chi connectivity index (χ1v) is 7.16. The standard InChI is InChI=1S/C14H16ClN3O2S.CH4/c1-14(2,3)11(19)12(18-13(21)16-8-17-18)20-10-6-4-9(15)5-7-10;/h4-8,12H,1-3H3,(H,16,17,21);1H4. The summed E-state index contributed by atoms with van der Waals surface area (Å²) in [5.41, 5.74) is -0.586. The molecule has 120 valence electrons. The van der Waals surface area contributed by atoms with Gasteiger partial charge in [-0.25, -0.2) is 9.67 Å². The van der Waals surface area contributed by atoms with E-state index in [1.54, 1.807) is 24.3 Å². The molecule has 0 radical (unpaired) electrons. The molecule has 0 aliphatic heterocycles. The molecule has 2 rings (SSSR count). The van der Waals surface area contributed by atoms with Crippen LogP contribution in [0.4, 0.5) is 0 Å². The Bertz CT molecular complexity index is 686. The van der Waals surface area contributed by atoms with Crippen molar-refractivity contribution in [1.29, 1.82) is 0 Å². The Balaban J connectivity index is 0.00000242. The van der Waals surface area contributed by atoms with E-state index in [2.05, 4.69) is 10.1 Å². The number of carbonyl (C=O) groups is 1. The van der Waals surface area contributed by atoms with E-state index >= 15 is 0 Å². The van der Waals surface area contributed by atoms with Gasteiger partial charge in [-0.15, -0.1) is 0 Å². The highest BCUT2D eigenvalue weighted by Crippen LogP contribution is 2.27. The van der Waals surface area contributed by atoms with Gasteiger partial charge in [0.25, 0.3) is 6.23 Å². The molecular formula is C15H20ClN3O2S. The molecule has 2 aromatic rings. The van der Waals surface area contributed by atoms with Crippen LogP contribution in [-0.2, 0) is 4.79 Å². The van der Waals surface area contributed by atoms with E-state index in [0.29, 0.717) is 10.8 Å². The number of hydrogen-bond acceptors (Lipinski definition) is 4. The third-order valence-corrected chi connectivity index (χ3v) is 3.39. The molecule has 0 spiro atoms. The lowest BCUT2D eigenvalue weighted by atomic mass is 9.90. The topological polar surface area (TPSA) is 59.9 Å². The predicted molar refractivity (Wildman–Crippen MR) is 89.7 cm³/mol. The van der Waals surface area contributed by atoms with Crippen molar-refractivity contribution in [3.63, 3.8) is 0 Å². The lowest BCUT2D eigenvalue weighted by molar-refractivity contribution is -0.138. The predicted octanol–water partition coefficient (Wildman–Crippen LogP) is 4.42. The van der Waals surface area contributed by atoms with Crippen molar-refractivity contribution in [3.05, 3.63) is 40.4 Å². The van der Waals surface area contributed by atoms with Gasteiger partial charge >= 0.3 is 0 Å². The molecule has 1 heterocycles. The Labute approximate surface area is 140 Å². The number of Topliss-reactive ketones (excluding diaryl/α,β-unsaturated/α-hetero) is 1. The van der Waals surface area contributed by atoms with Gasteiger partial charge in [0.2, 0.25) is 10.6 Å². The van der Waals surface area contributed by atoms with Crippen molar-refractivity contribution in [2.75, 3.05) is 0 Å². The number of benzene rings is 1. The number of aromatic amines is 1. The summed E-state index contributed by atoms with van der Waals surface area (Å²) in [6, 6.07) is 6.79. The number of hydrogen-bond donors (Lipinski definition) is 1. The second-order valence-corrected chi connectivity index (χ2v) is 6.38. The summed E-state index contributed by atoms with van der Waals surface area (Å²) in [5.74, 6) is 0.413. The zero-order chi connectivity index (χ0) is 15.6. The van der Waals surface area contributed by atoms with Crippen LogP contribution in [-0.4, -0.2) is 20.5 Å². The first kappa shape index (κ1) is 18.4. The van der Waals surface area contributed by atoms with Gasteiger partial charge in [-0.05, 0) is 36.5 Å². The highest BCUT2D eigenvalue weighted by Gasteiger charge is 2.33. The first-order valence-electron chi connectivity index (χ1n) is 6.37. The van der Waals surface area contributed by atoms with Crippen LogP contribution in [0.3, 0.4) is 0 Å². The number of carbonyl (C=O) groups excluding carboxylic acids is 1. The molecule has 0 amide bonds. The maximum absolute atomic E-state index is 12.6. The summed E-state index contributed by atoms with van der Waals surface area (Å²) in [5, 5.41) is 3.42. The van der Waals surface area contributed by atoms with Gasteiger partial charge in [-0.2, -0.15) is 0 Å². The average molecular weight is 342 g/mol. The molecule has 0 aliphatic rings. The lowest BCUT2D eigenvalue weighted by Gasteiger charge is -2.25. The molecular weight excluding hydrogens is 322 g/mol. The molecule has 1 N–H and O–H groups in total. The Hall–Kier alpha value is -1.66. The van der Waals surface area contributed by atoms with Crippen molar-refractivity contribution in [3.8, 4) is 5.75 Å². The summed E-state index contributed by atoms with van der Waals surface area (Å²) in [4.78, 5) is 16.5. The van der Waals surface area contributed by atoms with Gasteiger partial charge in [-0.1, -0.05) is 39.8 Å². The van der Waals surface area contributed by atoms with Gasteiger partial charge in [0.05, 0.1) is 0 Å². The van der Waals surface area contributed by atoms with Gasteiger partial charge in [-0.3, -0.25) is 9.89 Å². The molecule has 0 saturated carbocycles. The van der Waals surface area contributed by atoms with Crippen molar-refractivity contribution in [1.82, 2.24) is 14.8 Å². The molecule has 0 saturated heterocycles. The minimum Gasteiger partial charge on any atom is -0.461 e. The number of rotatable bonds is 4. The van der Waals surface area contributed by atoms with Crippen molar-refractivity contribution in [2.24, 2.45) is 5.41 Å².